The normalized spacial score (nSPS) is 17.0. The largest absolute Gasteiger partial charge is 0.490 e. The van der Waals surface area contributed by atoms with Crippen molar-refractivity contribution in [2.24, 2.45) is 0 Å². The fraction of sp³-hybridized carbons (Fsp3) is 0.600. The molecule has 0 aliphatic carbocycles. The molecule has 1 fully saturated rings. The van der Waals surface area contributed by atoms with E-state index in [0.717, 1.165) is 23.9 Å². The van der Waals surface area contributed by atoms with Crippen molar-refractivity contribution in [2.75, 3.05) is 13.2 Å². The van der Waals surface area contributed by atoms with Gasteiger partial charge in [-0.1, -0.05) is 0 Å². The van der Waals surface area contributed by atoms with Crippen LogP contribution in [0.5, 0.6) is 5.75 Å². The summed E-state index contributed by atoms with van der Waals surface area (Å²) in [4.78, 5) is 18.0. The van der Waals surface area contributed by atoms with Gasteiger partial charge >= 0.3 is 6.09 Å². The molecule has 23 heavy (non-hydrogen) atoms. The molecule has 8 heteroatoms. The van der Waals surface area contributed by atoms with Gasteiger partial charge < -0.3 is 14.4 Å². The second-order valence-corrected chi connectivity index (χ2v) is 7.04. The van der Waals surface area contributed by atoms with Gasteiger partial charge in [-0.3, -0.25) is 4.98 Å². The summed E-state index contributed by atoms with van der Waals surface area (Å²) in [5.41, 5.74) is -0.473. The van der Waals surface area contributed by atoms with Crippen LogP contribution in [-0.4, -0.2) is 40.8 Å². The lowest BCUT2D eigenvalue weighted by molar-refractivity contribution is 0.0187. The average molecular weight is 430 g/mol. The van der Waals surface area contributed by atoms with Crippen LogP contribution in [0.2, 0.25) is 0 Å². The first kappa shape index (κ1) is 22.3. The first-order valence-corrected chi connectivity index (χ1v) is 7.87. The fourth-order valence-electron chi connectivity index (χ4n) is 2.23. The Bertz CT molecular complexity index is 512. The van der Waals surface area contributed by atoms with Gasteiger partial charge in [0.25, 0.3) is 0 Å². The molecule has 0 bridgehead atoms. The Labute approximate surface area is 158 Å². The third kappa shape index (κ3) is 7.14. The summed E-state index contributed by atoms with van der Waals surface area (Å²) in [6, 6.07) is 1.92. The van der Waals surface area contributed by atoms with Gasteiger partial charge in [0.05, 0.1) is 12.2 Å². The van der Waals surface area contributed by atoms with Crippen molar-refractivity contribution in [1.29, 1.82) is 0 Å². The first-order chi connectivity index (χ1) is 9.85. The molecule has 5 nitrogen and oxygen atoms in total. The second kappa shape index (κ2) is 9.55. The van der Waals surface area contributed by atoms with Crippen molar-refractivity contribution in [3.8, 4) is 5.75 Å². The van der Waals surface area contributed by atoms with Gasteiger partial charge in [-0.25, -0.2) is 4.79 Å². The Morgan fingerprint density at radius 1 is 1.39 bits per heavy atom. The first-order valence-electron chi connectivity index (χ1n) is 7.08. The maximum Gasteiger partial charge on any atom is 0.410 e. The highest BCUT2D eigenvalue weighted by atomic mass is 79.9. The molecule has 132 valence electrons. The van der Waals surface area contributed by atoms with Crippen LogP contribution in [0.15, 0.2) is 22.9 Å². The van der Waals surface area contributed by atoms with E-state index < -0.39 is 5.60 Å². The van der Waals surface area contributed by atoms with Gasteiger partial charge in [0.15, 0.2) is 0 Å². The van der Waals surface area contributed by atoms with Crippen molar-refractivity contribution < 1.29 is 14.3 Å². The Morgan fingerprint density at radius 3 is 2.70 bits per heavy atom. The second-order valence-electron chi connectivity index (χ2n) is 6.12. The van der Waals surface area contributed by atoms with Crippen LogP contribution < -0.4 is 4.74 Å². The molecule has 0 unspecified atom stereocenters. The molecule has 0 spiro atoms. The summed E-state index contributed by atoms with van der Waals surface area (Å²) in [6.45, 7) is 6.80. The SMILES string of the molecule is CC(C)(C)OC(=O)N1CCC[C@@H]1COc1cncc(Br)c1.Cl.Cl. The van der Waals surface area contributed by atoms with E-state index in [1.165, 1.54) is 0 Å². The number of amides is 1. The van der Waals surface area contributed by atoms with E-state index in [4.69, 9.17) is 9.47 Å². The predicted octanol–water partition coefficient (Wildman–Crippen LogP) is 4.47. The zero-order chi connectivity index (χ0) is 15.5. The molecule has 0 N–H and O–H groups in total. The molecule has 1 aromatic rings. The van der Waals surface area contributed by atoms with Crippen LogP contribution >= 0.6 is 40.7 Å². The van der Waals surface area contributed by atoms with E-state index in [0.29, 0.717) is 12.4 Å². The van der Waals surface area contributed by atoms with E-state index in [-0.39, 0.29) is 36.9 Å². The van der Waals surface area contributed by atoms with Crippen molar-refractivity contribution in [1.82, 2.24) is 9.88 Å². The van der Waals surface area contributed by atoms with Crippen molar-refractivity contribution >= 4 is 46.8 Å². The Morgan fingerprint density at radius 2 is 2.09 bits per heavy atom. The van der Waals surface area contributed by atoms with E-state index in [9.17, 15) is 4.79 Å². The molecular formula is C15H23BrCl2N2O3. The molecule has 0 aromatic carbocycles. The smallest absolute Gasteiger partial charge is 0.410 e. The predicted molar refractivity (Wildman–Crippen MR) is 97.9 cm³/mol. The maximum absolute atomic E-state index is 12.2. The van der Waals surface area contributed by atoms with Gasteiger partial charge in [-0.15, -0.1) is 24.8 Å². The lowest BCUT2D eigenvalue weighted by Gasteiger charge is -2.28. The molecule has 1 saturated heterocycles. The highest BCUT2D eigenvalue weighted by molar-refractivity contribution is 9.10. The number of hydrogen-bond acceptors (Lipinski definition) is 4. The molecule has 1 aromatic heterocycles. The van der Waals surface area contributed by atoms with E-state index in [1.54, 1.807) is 17.3 Å². The Kier molecular flexibility index (Phi) is 9.25. The summed E-state index contributed by atoms with van der Waals surface area (Å²) in [5, 5.41) is 0. The third-order valence-electron chi connectivity index (χ3n) is 3.13. The standard InChI is InChI=1S/C15H21BrN2O3.2ClH/c1-15(2,3)21-14(19)18-6-4-5-12(18)10-20-13-7-11(16)8-17-9-13;;/h7-9,12H,4-6,10H2,1-3H3;2*1H/t12-;;/m1../s1. The summed E-state index contributed by atoms with van der Waals surface area (Å²) >= 11 is 3.36. The van der Waals surface area contributed by atoms with Crippen LogP contribution in [0.3, 0.4) is 0 Å². The molecule has 2 heterocycles. The maximum atomic E-state index is 12.2. The number of carbonyl (C=O) groups is 1. The molecule has 0 saturated carbocycles. The van der Waals surface area contributed by atoms with Crippen LogP contribution in [0.4, 0.5) is 4.79 Å². The number of aromatic nitrogens is 1. The number of pyridine rings is 1. The average Bonchev–Trinajstić information content (AvgIpc) is 2.83. The molecular weight excluding hydrogens is 407 g/mol. The molecule has 1 aliphatic heterocycles. The van der Waals surface area contributed by atoms with E-state index in [2.05, 4.69) is 20.9 Å². The van der Waals surface area contributed by atoms with Crippen molar-refractivity contribution in [3.05, 3.63) is 22.9 Å². The molecule has 1 amide bonds. The highest BCUT2D eigenvalue weighted by Gasteiger charge is 2.32. The topological polar surface area (TPSA) is 51.7 Å². The van der Waals surface area contributed by atoms with Crippen molar-refractivity contribution in [3.63, 3.8) is 0 Å². The third-order valence-corrected chi connectivity index (χ3v) is 3.56. The monoisotopic (exact) mass is 428 g/mol. The summed E-state index contributed by atoms with van der Waals surface area (Å²) in [7, 11) is 0. The van der Waals surface area contributed by atoms with Crippen LogP contribution in [0.25, 0.3) is 0 Å². The Hall–Kier alpha value is -0.720. The molecule has 0 radical (unpaired) electrons. The molecule has 1 aliphatic rings. The highest BCUT2D eigenvalue weighted by Crippen LogP contribution is 2.22. The Balaban J connectivity index is 0.00000242. The number of nitrogens with zero attached hydrogens (tertiary/aromatic N) is 2. The van der Waals surface area contributed by atoms with Gasteiger partial charge in [0.1, 0.15) is 18.0 Å². The quantitative estimate of drug-likeness (QED) is 0.711. The lowest BCUT2D eigenvalue weighted by Crippen LogP contribution is -2.42. The fourth-order valence-corrected chi connectivity index (χ4v) is 2.58. The van der Waals surface area contributed by atoms with Crippen LogP contribution in [0, 0.1) is 0 Å². The minimum atomic E-state index is -0.473. The van der Waals surface area contributed by atoms with Crippen LogP contribution in [-0.2, 0) is 4.74 Å². The van der Waals surface area contributed by atoms with Crippen molar-refractivity contribution in [2.45, 2.75) is 45.3 Å². The van der Waals surface area contributed by atoms with Gasteiger partial charge in [0, 0.05) is 17.2 Å². The lowest BCUT2D eigenvalue weighted by atomic mass is 10.2. The number of carbonyl (C=O) groups excluding carboxylic acids is 1. The number of ether oxygens (including phenoxy) is 2. The molecule has 1 atom stereocenters. The van der Waals surface area contributed by atoms with Gasteiger partial charge in [0.2, 0.25) is 0 Å². The number of likely N-dealkylation sites (tertiary alicyclic amines) is 1. The minimum absolute atomic E-state index is 0. The number of hydrogen-bond donors (Lipinski definition) is 0. The summed E-state index contributed by atoms with van der Waals surface area (Å²) in [5.74, 6) is 0.695. The minimum Gasteiger partial charge on any atom is -0.490 e. The summed E-state index contributed by atoms with van der Waals surface area (Å²) < 4.78 is 12.0. The number of rotatable bonds is 3. The molecule has 2 rings (SSSR count). The van der Waals surface area contributed by atoms with E-state index in [1.807, 2.05) is 26.8 Å². The van der Waals surface area contributed by atoms with Gasteiger partial charge in [-0.05, 0) is 55.6 Å². The zero-order valence-corrected chi connectivity index (χ0v) is 16.7. The zero-order valence-electron chi connectivity index (χ0n) is 13.5. The van der Waals surface area contributed by atoms with Crippen LogP contribution in [0.1, 0.15) is 33.6 Å². The van der Waals surface area contributed by atoms with Gasteiger partial charge in [-0.2, -0.15) is 0 Å². The van der Waals surface area contributed by atoms with E-state index >= 15 is 0 Å². The summed E-state index contributed by atoms with van der Waals surface area (Å²) in [6.07, 6.45) is 5.01. The number of halogens is 3.